The number of carbonyl (C=O) groups excluding carboxylic acids is 2. The van der Waals surface area contributed by atoms with E-state index < -0.39 is 53.8 Å². The van der Waals surface area contributed by atoms with Crippen molar-refractivity contribution in [2.75, 3.05) is 24.7 Å². The summed E-state index contributed by atoms with van der Waals surface area (Å²) in [5.41, 5.74) is 2.20. The molecule has 0 saturated carbocycles. The van der Waals surface area contributed by atoms with Gasteiger partial charge in [-0.2, -0.15) is 13.2 Å². The Hall–Kier alpha value is -4.52. The first-order valence-corrected chi connectivity index (χ1v) is 13.7. The van der Waals surface area contributed by atoms with Crippen molar-refractivity contribution >= 4 is 28.3 Å². The molecule has 1 amide bonds. The number of ketones is 1. The number of aryl methyl sites for hydroxylation is 2. The molecule has 0 unspecified atom stereocenters. The number of Topliss-reactive ketones (excluding diaryl/α,β-unsaturated/α-hetero) is 1. The SMILES string of the molecule is CC(=O)[C@H](Cc1ccc(-c2ncc(C)c(C)n2)c2ncccc12)NC(=O)c1c(F)cc(N2CCOC[C@@H]2C(F)(F)F)cc1F. The highest BCUT2D eigenvalue weighted by molar-refractivity contribution is 5.99. The summed E-state index contributed by atoms with van der Waals surface area (Å²) >= 11 is 0. The van der Waals surface area contributed by atoms with Crippen molar-refractivity contribution in [1.29, 1.82) is 0 Å². The fourth-order valence-electron chi connectivity index (χ4n) is 5.12. The van der Waals surface area contributed by atoms with Gasteiger partial charge in [-0.25, -0.2) is 18.7 Å². The summed E-state index contributed by atoms with van der Waals surface area (Å²) in [6.07, 6.45) is -1.42. The molecule has 1 N–H and O–H groups in total. The highest BCUT2D eigenvalue weighted by Crippen LogP contribution is 2.33. The fraction of sp³-hybridized carbons (Fsp3) is 0.323. The molecule has 0 bridgehead atoms. The zero-order valence-electron chi connectivity index (χ0n) is 24.0. The third-order valence-corrected chi connectivity index (χ3v) is 7.64. The summed E-state index contributed by atoms with van der Waals surface area (Å²) < 4.78 is 75.7. The lowest BCUT2D eigenvalue weighted by Crippen LogP contribution is -2.53. The maximum absolute atomic E-state index is 15.1. The van der Waals surface area contributed by atoms with Gasteiger partial charge in [0.15, 0.2) is 11.6 Å². The zero-order chi connectivity index (χ0) is 31.8. The molecule has 4 aromatic rings. The van der Waals surface area contributed by atoms with E-state index in [0.29, 0.717) is 40.0 Å². The number of ether oxygens (including phenoxy) is 1. The van der Waals surface area contributed by atoms with Crippen LogP contribution in [0.4, 0.5) is 27.6 Å². The van der Waals surface area contributed by atoms with Crippen molar-refractivity contribution in [2.45, 2.75) is 45.5 Å². The van der Waals surface area contributed by atoms with Crippen LogP contribution in [0.1, 0.15) is 34.1 Å². The van der Waals surface area contributed by atoms with Crippen LogP contribution in [0, 0.1) is 25.5 Å². The van der Waals surface area contributed by atoms with E-state index in [9.17, 15) is 22.8 Å². The first-order valence-electron chi connectivity index (χ1n) is 13.7. The Labute approximate surface area is 249 Å². The average Bonchev–Trinajstić information content (AvgIpc) is 2.97. The van der Waals surface area contributed by atoms with Crippen molar-refractivity contribution in [2.24, 2.45) is 0 Å². The molecule has 2 aromatic carbocycles. The van der Waals surface area contributed by atoms with Crippen molar-refractivity contribution in [3.8, 4) is 11.4 Å². The Morgan fingerprint density at radius 3 is 2.50 bits per heavy atom. The van der Waals surface area contributed by atoms with Crippen LogP contribution < -0.4 is 10.2 Å². The van der Waals surface area contributed by atoms with E-state index >= 15 is 8.78 Å². The molecule has 0 radical (unpaired) electrons. The molecule has 8 nitrogen and oxygen atoms in total. The summed E-state index contributed by atoms with van der Waals surface area (Å²) in [6.45, 7) is 3.98. The van der Waals surface area contributed by atoms with Crippen molar-refractivity contribution in [3.63, 3.8) is 0 Å². The maximum atomic E-state index is 15.1. The van der Waals surface area contributed by atoms with Crippen LogP contribution in [0.3, 0.4) is 0 Å². The number of halogens is 5. The lowest BCUT2D eigenvalue weighted by atomic mass is 9.96. The van der Waals surface area contributed by atoms with Crippen LogP contribution in [0.2, 0.25) is 0 Å². The second-order valence-electron chi connectivity index (χ2n) is 10.6. The van der Waals surface area contributed by atoms with Crippen LogP contribution in [0.15, 0.2) is 48.8 Å². The number of anilines is 1. The number of fused-ring (bicyclic) bond motifs is 1. The van der Waals surface area contributed by atoms with E-state index in [1.807, 2.05) is 13.8 Å². The predicted octanol–water partition coefficient (Wildman–Crippen LogP) is 5.28. The lowest BCUT2D eigenvalue weighted by Gasteiger charge is -2.38. The molecule has 1 fully saturated rings. The van der Waals surface area contributed by atoms with Gasteiger partial charge in [0.1, 0.15) is 23.2 Å². The number of nitrogens with zero attached hydrogens (tertiary/aromatic N) is 4. The van der Waals surface area contributed by atoms with Crippen molar-refractivity contribution in [1.82, 2.24) is 20.3 Å². The van der Waals surface area contributed by atoms with Gasteiger partial charge in [0.05, 0.1) is 24.8 Å². The summed E-state index contributed by atoms with van der Waals surface area (Å²) in [5.74, 6) is -3.95. The number of hydrogen-bond acceptors (Lipinski definition) is 7. The molecule has 0 spiro atoms. The smallest absolute Gasteiger partial charge is 0.377 e. The van der Waals surface area contributed by atoms with Crippen LogP contribution in [0.5, 0.6) is 0 Å². The number of alkyl halides is 3. The van der Waals surface area contributed by atoms with Crippen molar-refractivity contribution in [3.05, 3.63) is 82.8 Å². The topological polar surface area (TPSA) is 97.3 Å². The monoisotopic (exact) mass is 613 g/mol. The second-order valence-corrected chi connectivity index (χ2v) is 10.6. The van der Waals surface area contributed by atoms with Crippen LogP contribution in [0.25, 0.3) is 22.3 Å². The van der Waals surface area contributed by atoms with Gasteiger partial charge >= 0.3 is 6.18 Å². The molecule has 2 aromatic heterocycles. The summed E-state index contributed by atoms with van der Waals surface area (Å²) in [4.78, 5) is 39.9. The molecule has 44 heavy (non-hydrogen) atoms. The number of pyridine rings is 1. The fourth-order valence-corrected chi connectivity index (χ4v) is 5.12. The van der Waals surface area contributed by atoms with Crippen molar-refractivity contribution < 1.29 is 36.3 Å². The number of amides is 1. The Morgan fingerprint density at radius 2 is 1.84 bits per heavy atom. The summed E-state index contributed by atoms with van der Waals surface area (Å²) in [5, 5.41) is 3.06. The summed E-state index contributed by atoms with van der Waals surface area (Å²) in [7, 11) is 0. The Morgan fingerprint density at radius 1 is 1.11 bits per heavy atom. The number of hydrogen-bond donors (Lipinski definition) is 1. The Bertz CT molecular complexity index is 1720. The first-order chi connectivity index (χ1) is 20.8. The molecule has 2 atom stereocenters. The quantitative estimate of drug-likeness (QED) is 0.283. The number of benzene rings is 2. The van der Waals surface area contributed by atoms with Gasteiger partial charge in [0.2, 0.25) is 0 Å². The minimum absolute atomic E-state index is 0.0281. The normalized spacial score (nSPS) is 16.2. The van der Waals surface area contributed by atoms with Gasteiger partial charge in [-0.1, -0.05) is 12.1 Å². The minimum atomic E-state index is -4.71. The third-order valence-electron chi connectivity index (χ3n) is 7.64. The molecule has 13 heteroatoms. The molecule has 5 rings (SSSR count). The Balaban J connectivity index is 1.42. The molecule has 3 heterocycles. The Kier molecular flexibility index (Phi) is 8.60. The van der Waals surface area contributed by atoms with Gasteiger partial charge in [-0.05, 0) is 56.2 Å². The molecular weight excluding hydrogens is 585 g/mol. The van der Waals surface area contributed by atoms with Crippen LogP contribution >= 0.6 is 0 Å². The van der Waals surface area contributed by atoms with Crippen LogP contribution in [-0.4, -0.2) is 64.7 Å². The van der Waals surface area contributed by atoms with E-state index in [2.05, 4.69) is 20.3 Å². The van der Waals surface area contributed by atoms with E-state index in [-0.39, 0.29) is 25.3 Å². The number of rotatable bonds is 7. The highest BCUT2D eigenvalue weighted by atomic mass is 19.4. The third kappa shape index (κ3) is 6.23. The highest BCUT2D eigenvalue weighted by Gasteiger charge is 2.46. The van der Waals surface area contributed by atoms with E-state index in [0.717, 1.165) is 16.2 Å². The molecule has 0 aliphatic carbocycles. The maximum Gasteiger partial charge on any atom is 0.411 e. The summed E-state index contributed by atoms with van der Waals surface area (Å²) in [6, 6.07) is 5.08. The van der Waals surface area contributed by atoms with E-state index in [4.69, 9.17) is 4.74 Å². The predicted molar refractivity (Wildman–Crippen MR) is 152 cm³/mol. The molecule has 1 aliphatic heterocycles. The van der Waals surface area contributed by atoms with Gasteiger partial charge in [-0.3, -0.25) is 14.6 Å². The van der Waals surface area contributed by atoms with Gasteiger partial charge in [0.25, 0.3) is 5.91 Å². The van der Waals surface area contributed by atoms with E-state index in [1.165, 1.54) is 6.92 Å². The molecule has 1 aliphatic rings. The number of carbonyl (C=O) groups is 2. The van der Waals surface area contributed by atoms with E-state index in [1.54, 1.807) is 36.7 Å². The number of morpholine rings is 1. The number of aromatic nitrogens is 3. The average molecular weight is 614 g/mol. The number of nitrogens with one attached hydrogen (secondary N) is 1. The standard InChI is InChI=1S/C31H28F5N5O3/c1-16-14-38-29(39-17(16)2)22-7-6-19(21-5-4-8-37-28(21)22)11-25(18(3)42)40-30(43)27-23(32)12-20(13-24(27)33)41-9-10-44-15-26(41)31(34,35)36/h4-8,12-14,25-26H,9-11,15H2,1-3H3,(H,40,43)/t25-,26+/m0/s1. The van der Waals surface area contributed by atoms with Crippen LogP contribution in [-0.2, 0) is 16.0 Å². The lowest BCUT2D eigenvalue weighted by molar-refractivity contribution is -0.167. The molecule has 1 saturated heterocycles. The zero-order valence-corrected chi connectivity index (χ0v) is 24.0. The second kappa shape index (κ2) is 12.2. The molecule has 230 valence electrons. The first kappa shape index (κ1) is 30.9. The van der Waals surface area contributed by atoms with Gasteiger partial charge < -0.3 is 15.0 Å². The molecular formula is C31H28F5N5O3. The van der Waals surface area contributed by atoms with Gasteiger partial charge in [0, 0.05) is 47.7 Å². The minimum Gasteiger partial charge on any atom is -0.377 e. The van der Waals surface area contributed by atoms with Gasteiger partial charge in [-0.15, -0.1) is 0 Å². The largest absolute Gasteiger partial charge is 0.411 e.